The minimum atomic E-state index is 0.457. The molecule has 0 unspecified atom stereocenters. The van der Waals surface area contributed by atoms with E-state index in [0.29, 0.717) is 5.92 Å². The van der Waals surface area contributed by atoms with E-state index in [1.54, 1.807) is 0 Å². The average molecular weight is 283 g/mol. The maximum Gasteiger partial charge on any atom is 0.130 e. The highest BCUT2D eigenvalue weighted by molar-refractivity contribution is 5.40. The molecule has 0 aliphatic heterocycles. The molecule has 2 aromatic carbocycles. The Kier molecular flexibility index (Phi) is 5.82. The van der Waals surface area contributed by atoms with E-state index in [9.17, 15) is 0 Å². The molecule has 0 saturated carbocycles. The van der Waals surface area contributed by atoms with Crippen molar-refractivity contribution >= 4 is 0 Å². The van der Waals surface area contributed by atoms with Crippen LogP contribution in [0.3, 0.4) is 0 Å². The Hall–Kier alpha value is -1.80. The molecule has 0 saturated heterocycles. The van der Waals surface area contributed by atoms with Crippen LogP contribution in [0.4, 0.5) is 0 Å². The molecule has 0 spiro atoms. The maximum atomic E-state index is 6.03. The van der Waals surface area contributed by atoms with Crippen molar-refractivity contribution in [2.45, 2.75) is 39.7 Å². The molecule has 0 aliphatic carbocycles. The quantitative estimate of drug-likeness (QED) is 0.714. The number of para-hydroxylation sites is 1. The fourth-order valence-electron chi connectivity index (χ4n) is 2.26. The lowest BCUT2D eigenvalue weighted by molar-refractivity contribution is 0.473. The third-order valence-electron chi connectivity index (χ3n) is 3.45. The first kappa shape index (κ1) is 15.6. The first-order valence-electron chi connectivity index (χ1n) is 7.77. The summed E-state index contributed by atoms with van der Waals surface area (Å²) in [5, 5.41) is 3.40. The molecule has 0 amide bonds. The Morgan fingerprint density at radius 2 is 1.71 bits per heavy atom. The van der Waals surface area contributed by atoms with E-state index < -0.39 is 0 Å². The number of hydrogen-bond donors (Lipinski definition) is 1. The number of nitrogens with one attached hydrogen (secondary N) is 1. The number of hydrogen-bond acceptors (Lipinski definition) is 2. The van der Waals surface area contributed by atoms with Gasteiger partial charge in [0.25, 0.3) is 0 Å². The summed E-state index contributed by atoms with van der Waals surface area (Å²) in [5.74, 6) is 2.30. The van der Waals surface area contributed by atoms with Crippen LogP contribution in [0, 0.1) is 0 Å². The summed E-state index contributed by atoms with van der Waals surface area (Å²) in [6, 6.07) is 16.6. The van der Waals surface area contributed by atoms with Crippen molar-refractivity contribution in [2.24, 2.45) is 0 Å². The van der Waals surface area contributed by atoms with Gasteiger partial charge in [0.1, 0.15) is 11.5 Å². The molecule has 2 rings (SSSR count). The van der Waals surface area contributed by atoms with Crippen LogP contribution in [0.25, 0.3) is 0 Å². The second-order valence-electron chi connectivity index (χ2n) is 5.62. The summed E-state index contributed by atoms with van der Waals surface area (Å²) in [5.41, 5.74) is 2.53. The maximum absolute atomic E-state index is 6.03. The van der Waals surface area contributed by atoms with Crippen LogP contribution in [-0.2, 0) is 6.54 Å². The SMILES string of the molecule is CCCNCc1ccc(Oc2ccccc2C(C)C)cc1. The Labute approximate surface area is 128 Å². The molecular formula is C19H25NO. The van der Waals surface area contributed by atoms with E-state index in [2.05, 4.69) is 50.4 Å². The van der Waals surface area contributed by atoms with Crippen molar-refractivity contribution in [3.05, 3.63) is 59.7 Å². The van der Waals surface area contributed by atoms with Crippen LogP contribution in [0.1, 0.15) is 44.2 Å². The van der Waals surface area contributed by atoms with Gasteiger partial charge in [0, 0.05) is 6.54 Å². The molecule has 2 nitrogen and oxygen atoms in total. The summed E-state index contributed by atoms with van der Waals surface area (Å²) in [7, 11) is 0. The largest absolute Gasteiger partial charge is 0.457 e. The zero-order valence-corrected chi connectivity index (χ0v) is 13.2. The van der Waals surface area contributed by atoms with Crippen LogP contribution in [0.5, 0.6) is 11.5 Å². The van der Waals surface area contributed by atoms with E-state index >= 15 is 0 Å². The second kappa shape index (κ2) is 7.84. The van der Waals surface area contributed by atoms with Gasteiger partial charge in [-0.05, 0) is 48.2 Å². The second-order valence-corrected chi connectivity index (χ2v) is 5.62. The van der Waals surface area contributed by atoms with Crippen LogP contribution >= 0.6 is 0 Å². The molecule has 0 aliphatic rings. The molecule has 0 bridgehead atoms. The van der Waals surface area contributed by atoms with Gasteiger partial charge in [0.05, 0.1) is 0 Å². The van der Waals surface area contributed by atoms with Gasteiger partial charge in [-0.15, -0.1) is 0 Å². The summed E-state index contributed by atoms with van der Waals surface area (Å²) in [4.78, 5) is 0. The van der Waals surface area contributed by atoms with Gasteiger partial charge >= 0.3 is 0 Å². The minimum absolute atomic E-state index is 0.457. The molecule has 112 valence electrons. The van der Waals surface area contributed by atoms with Gasteiger partial charge in [0.2, 0.25) is 0 Å². The normalized spacial score (nSPS) is 10.9. The monoisotopic (exact) mass is 283 g/mol. The summed E-state index contributed by atoms with van der Waals surface area (Å²) < 4.78 is 6.03. The van der Waals surface area contributed by atoms with Crippen molar-refractivity contribution in [1.29, 1.82) is 0 Å². The fraction of sp³-hybridized carbons (Fsp3) is 0.368. The Bertz CT molecular complexity index is 546. The zero-order chi connectivity index (χ0) is 15.1. The lowest BCUT2D eigenvalue weighted by atomic mass is 10.0. The van der Waals surface area contributed by atoms with E-state index in [1.807, 2.05) is 24.3 Å². The summed E-state index contributed by atoms with van der Waals surface area (Å²) in [6.45, 7) is 8.52. The van der Waals surface area contributed by atoms with Gasteiger partial charge in [-0.1, -0.05) is 51.1 Å². The molecule has 0 atom stereocenters. The summed E-state index contributed by atoms with van der Waals surface area (Å²) >= 11 is 0. The third kappa shape index (κ3) is 4.61. The van der Waals surface area contributed by atoms with Crippen LogP contribution in [0.2, 0.25) is 0 Å². The van der Waals surface area contributed by atoms with Crippen molar-refractivity contribution < 1.29 is 4.74 Å². The summed E-state index contributed by atoms with van der Waals surface area (Å²) in [6.07, 6.45) is 1.16. The van der Waals surface area contributed by atoms with Crippen molar-refractivity contribution in [3.8, 4) is 11.5 Å². The first-order valence-corrected chi connectivity index (χ1v) is 7.77. The van der Waals surface area contributed by atoms with Gasteiger partial charge < -0.3 is 10.1 Å². The highest BCUT2D eigenvalue weighted by Gasteiger charge is 2.07. The smallest absolute Gasteiger partial charge is 0.130 e. The zero-order valence-electron chi connectivity index (χ0n) is 13.2. The molecule has 0 fully saturated rings. The number of ether oxygens (including phenoxy) is 1. The van der Waals surface area contributed by atoms with Gasteiger partial charge in [0.15, 0.2) is 0 Å². The van der Waals surface area contributed by atoms with Gasteiger partial charge in [-0.25, -0.2) is 0 Å². The molecule has 21 heavy (non-hydrogen) atoms. The topological polar surface area (TPSA) is 21.3 Å². The van der Waals surface area contributed by atoms with E-state index in [4.69, 9.17) is 4.74 Å². The van der Waals surface area contributed by atoms with E-state index in [-0.39, 0.29) is 0 Å². The van der Waals surface area contributed by atoms with Crippen LogP contribution < -0.4 is 10.1 Å². The molecule has 0 heterocycles. The molecule has 0 aromatic heterocycles. The Morgan fingerprint density at radius 3 is 2.38 bits per heavy atom. The Morgan fingerprint density at radius 1 is 1.00 bits per heavy atom. The first-order chi connectivity index (χ1) is 10.2. The van der Waals surface area contributed by atoms with Crippen molar-refractivity contribution in [1.82, 2.24) is 5.32 Å². The van der Waals surface area contributed by atoms with E-state index in [0.717, 1.165) is 31.0 Å². The molecule has 0 radical (unpaired) electrons. The van der Waals surface area contributed by atoms with Crippen LogP contribution in [-0.4, -0.2) is 6.54 Å². The molecule has 2 heteroatoms. The lowest BCUT2D eigenvalue weighted by Crippen LogP contribution is -2.13. The number of rotatable bonds is 7. The number of benzene rings is 2. The Balaban J connectivity index is 2.03. The van der Waals surface area contributed by atoms with Crippen molar-refractivity contribution in [2.75, 3.05) is 6.54 Å². The van der Waals surface area contributed by atoms with E-state index in [1.165, 1.54) is 11.1 Å². The predicted molar refractivity (Wildman–Crippen MR) is 89.0 cm³/mol. The van der Waals surface area contributed by atoms with Crippen LogP contribution in [0.15, 0.2) is 48.5 Å². The minimum Gasteiger partial charge on any atom is -0.457 e. The standard InChI is InChI=1S/C19H25NO/c1-4-13-20-14-16-9-11-17(12-10-16)21-19-8-6-5-7-18(19)15(2)3/h5-12,15,20H,4,13-14H2,1-3H3. The lowest BCUT2D eigenvalue weighted by Gasteiger charge is -2.13. The predicted octanol–water partition coefficient (Wildman–Crippen LogP) is 5.10. The van der Waals surface area contributed by atoms with Gasteiger partial charge in [-0.2, -0.15) is 0 Å². The molecule has 1 N–H and O–H groups in total. The highest BCUT2D eigenvalue weighted by Crippen LogP contribution is 2.30. The highest BCUT2D eigenvalue weighted by atomic mass is 16.5. The molecular weight excluding hydrogens is 258 g/mol. The molecule has 2 aromatic rings. The van der Waals surface area contributed by atoms with Crippen molar-refractivity contribution in [3.63, 3.8) is 0 Å². The average Bonchev–Trinajstić information content (AvgIpc) is 2.50. The fourth-order valence-corrected chi connectivity index (χ4v) is 2.26. The van der Waals surface area contributed by atoms with Gasteiger partial charge in [-0.3, -0.25) is 0 Å². The third-order valence-corrected chi connectivity index (χ3v) is 3.45.